The first-order valence-corrected chi connectivity index (χ1v) is 5.25. The van der Waals surface area contributed by atoms with Crippen LogP contribution in [-0.4, -0.2) is 42.2 Å². The average molecular weight is 241 g/mol. The van der Waals surface area contributed by atoms with Gasteiger partial charge in [-0.1, -0.05) is 0 Å². The van der Waals surface area contributed by atoms with E-state index >= 15 is 0 Å². The van der Waals surface area contributed by atoms with Crippen LogP contribution in [-0.2, 0) is 4.74 Å². The SMILES string of the molecule is CC1(C)CC(CO)(NCC(F)(F)F)CCO1. The molecule has 0 aromatic rings. The zero-order valence-corrected chi connectivity index (χ0v) is 9.52. The number of halogens is 3. The zero-order chi connectivity index (χ0) is 12.4. The normalized spacial score (nSPS) is 30.4. The van der Waals surface area contributed by atoms with Gasteiger partial charge in [-0.25, -0.2) is 0 Å². The first-order chi connectivity index (χ1) is 7.18. The van der Waals surface area contributed by atoms with Gasteiger partial charge in [0.15, 0.2) is 0 Å². The molecule has 1 aliphatic rings. The van der Waals surface area contributed by atoms with Gasteiger partial charge < -0.3 is 15.2 Å². The van der Waals surface area contributed by atoms with Crippen molar-refractivity contribution < 1.29 is 23.0 Å². The maximum absolute atomic E-state index is 12.1. The third-order valence-electron chi connectivity index (χ3n) is 2.80. The van der Waals surface area contributed by atoms with Gasteiger partial charge in [0.2, 0.25) is 0 Å². The van der Waals surface area contributed by atoms with Crippen LogP contribution in [0.5, 0.6) is 0 Å². The van der Waals surface area contributed by atoms with E-state index in [0.717, 1.165) is 0 Å². The van der Waals surface area contributed by atoms with Gasteiger partial charge in [-0.2, -0.15) is 13.2 Å². The van der Waals surface area contributed by atoms with Crippen molar-refractivity contribution in [1.29, 1.82) is 0 Å². The second-order valence-corrected chi connectivity index (χ2v) is 4.94. The summed E-state index contributed by atoms with van der Waals surface area (Å²) in [4.78, 5) is 0. The molecule has 0 aromatic carbocycles. The molecule has 0 bridgehead atoms. The monoisotopic (exact) mass is 241 g/mol. The molecule has 0 saturated carbocycles. The average Bonchev–Trinajstić information content (AvgIpc) is 2.12. The lowest BCUT2D eigenvalue weighted by Crippen LogP contribution is -2.58. The van der Waals surface area contributed by atoms with E-state index in [-0.39, 0.29) is 6.61 Å². The van der Waals surface area contributed by atoms with Crippen LogP contribution in [0.2, 0.25) is 0 Å². The number of hydrogen-bond acceptors (Lipinski definition) is 3. The number of ether oxygens (including phenoxy) is 1. The summed E-state index contributed by atoms with van der Waals surface area (Å²) < 4.78 is 41.8. The maximum atomic E-state index is 12.1. The van der Waals surface area contributed by atoms with E-state index in [1.54, 1.807) is 0 Å². The minimum absolute atomic E-state index is 0.310. The molecule has 0 aromatic heterocycles. The van der Waals surface area contributed by atoms with Gasteiger partial charge in [0, 0.05) is 12.1 Å². The highest BCUT2D eigenvalue weighted by atomic mass is 19.4. The van der Waals surface area contributed by atoms with Crippen molar-refractivity contribution in [3.63, 3.8) is 0 Å². The third kappa shape index (κ3) is 3.92. The molecule has 1 unspecified atom stereocenters. The van der Waals surface area contributed by atoms with E-state index in [4.69, 9.17) is 4.74 Å². The zero-order valence-electron chi connectivity index (χ0n) is 9.52. The van der Waals surface area contributed by atoms with E-state index < -0.39 is 23.9 Å². The quantitative estimate of drug-likeness (QED) is 0.786. The van der Waals surface area contributed by atoms with Gasteiger partial charge in [0.1, 0.15) is 0 Å². The van der Waals surface area contributed by atoms with E-state index in [2.05, 4.69) is 5.32 Å². The van der Waals surface area contributed by atoms with Crippen LogP contribution < -0.4 is 5.32 Å². The van der Waals surface area contributed by atoms with Crippen molar-refractivity contribution in [2.75, 3.05) is 19.8 Å². The molecule has 1 fully saturated rings. The smallest absolute Gasteiger partial charge is 0.394 e. The van der Waals surface area contributed by atoms with Crippen LogP contribution in [0, 0.1) is 0 Å². The molecule has 1 heterocycles. The molecule has 96 valence electrons. The fraction of sp³-hybridized carbons (Fsp3) is 1.00. The first kappa shape index (κ1) is 13.7. The van der Waals surface area contributed by atoms with Crippen LogP contribution in [0.25, 0.3) is 0 Å². The maximum Gasteiger partial charge on any atom is 0.401 e. The van der Waals surface area contributed by atoms with E-state index in [0.29, 0.717) is 19.4 Å². The molecule has 0 radical (unpaired) electrons. The Morgan fingerprint density at radius 2 is 2.00 bits per heavy atom. The van der Waals surface area contributed by atoms with E-state index in [1.165, 1.54) is 0 Å². The Morgan fingerprint density at radius 1 is 1.38 bits per heavy atom. The summed E-state index contributed by atoms with van der Waals surface area (Å²) in [6.07, 6.45) is -3.50. The van der Waals surface area contributed by atoms with Crippen molar-refractivity contribution in [3.05, 3.63) is 0 Å². The summed E-state index contributed by atoms with van der Waals surface area (Å²) in [7, 11) is 0. The second-order valence-electron chi connectivity index (χ2n) is 4.94. The molecule has 0 spiro atoms. The minimum atomic E-state index is -4.26. The molecule has 0 aliphatic carbocycles. The second kappa shape index (κ2) is 4.50. The number of rotatable bonds is 3. The topological polar surface area (TPSA) is 41.5 Å². The van der Waals surface area contributed by atoms with Gasteiger partial charge in [-0.3, -0.25) is 0 Å². The minimum Gasteiger partial charge on any atom is -0.394 e. The molecule has 1 atom stereocenters. The van der Waals surface area contributed by atoms with Crippen LogP contribution >= 0.6 is 0 Å². The Kier molecular flexibility index (Phi) is 3.87. The Bertz CT molecular complexity index is 243. The van der Waals surface area contributed by atoms with Crippen LogP contribution in [0.4, 0.5) is 13.2 Å². The molecule has 0 amide bonds. The molecule has 16 heavy (non-hydrogen) atoms. The predicted octanol–water partition coefficient (Wildman–Crippen LogP) is 1.46. The first-order valence-electron chi connectivity index (χ1n) is 5.25. The van der Waals surface area contributed by atoms with E-state index in [9.17, 15) is 18.3 Å². The number of alkyl halides is 3. The highest BCUT2D eigenvalue weighted by Gasteiger charge is 2.42. The summed E-state index contributed by atoms with van der Waals surface area (Å²) in [5.41, 5.74) is -1.38. The summed E-state index contributed by atoms with van der Waals surface area (Å²) in [5.74, 6) is 0. The molecule has 1 aliphatic heterocycles. The van der Waals surface area contributed by atoms with Crippen LogP contribution in [0.15, 0.2) is 0 Å². The van der Waals surface area contributed by atoms with Gasteiger partial charge in [0.05, 0.1) is 18.8 Å². The molecule has 1 rings (SSSR count). The van der Waals surface area contributed by atoms with Crippen molar-refractivity contribution in [3.8, 4) is 0 Å². The predicted molar refractivity (Wildman–Crippen MR) is 53.1 cm³/mol. The third-order valence-corrected chi connectivity index (χ3v) is 2.80. The molecule has 1 saturated heterocycles. The number of hydrogen-bond donors (Lipinski definition) is 2. The Hall–Kier alpha value is -0.330. The Balaban J connectivity index is 2.63. The van der Waals surface area contributed by atoms with Gasteiger partial charge in [-0.05, 0) is 26.7 Å². The van der Waals surface area contributed by atoms with Crippen LogP contribution in [0.1, 0.15) is 26.7 Å². The van der Waals surface area contributed by atoms with Gasteiger partial charge in [0.25, 0.3) is 0 Å². The lowest BCUT2D eigenvalue weighted by Gasteiger charge is -2.44. The van der Waals surface area contributed by atoms with Gasteiger partial charge in [-0.15, -0.1) is 0 Å². The number of aliphatic hydroxyl groups is 1. The van der Waals surface area contributed by atoms with Gasteiger partial charge >= 0.3 is 6.18 Å². The van der Waals surface area contributed by atoms with Crippen molar-refractivity contribution in [2.24, 2.45) is 0 Å². The fourth-order valence-electron chi connectivity index (χ4n) is 2.11. The lowest BCUT2D eigenvalue weighted by atomic mass is 9.82. The summed E-state index contributed by atoms with van der Waals surface area (Å²) in [5, 5.41) is 11.7. The molecular formula is C10H18F3NO2. The largest absolute Gasteiger partial charge is 0.401 e. The molecular weight excluding hydrogens is 223 g/mol. The van der Waals surface area contributed by atoms with Crippen molar-refractivity contribution >= 4 is 0 Å². The molecule has 3 nitrogen and oxygen atoms in total. The molecule has 2 N–H and O–H groups in total. The highest BCUT2D eigenvalue weighted by Crippen LogP contribution is 2.32. The summed E-state index contributed by atoms with van der Waals surface area (Å²) in [6, 6.07) is 0. The van der Waals surface area contributed by atoms with Crippen LogP contribution in [0.3, 0.4) is 0 Å². The standard InChI is InChI=1S/C10H18F3NO2/c1-8(2)5-9(7-15,3-4-16-8)14-6-10(11,12)13/h14-15H,3-7H2,1-2H3. The van der Waals surface area contributed by atoms with Crippen molar-refractivity contribution in [1.82, 2.24) is 5.32 Å². The fourth-order valence-corrected chi connectivity index (χ4v) is 2.11. The molecule has 6 heteroatoms. The summed E-state index contributed by atoms with van der Waals surface area (Å²) >= 11 is 0. The van der Waals surface area contributed by atoms with E-state index in [1.807, 2.05) is 13.8 Å². The highest BCUT2D eigenvalue weighted by molar-refractivity contribution is 4.96. The number of aliphatic hydroxyl groups excluding tert-OH is 1. The lowest BCUT2D eigenvalue weighted by molar-refractivity contribution is -0.143. The Labute approximate surface area is 93.0 Å². The van der Waals surface area contributed by atoms with Crippen molar-refractivity contribution in [2.45, 2.75) is 44.0 Å². The summed E-state index contributed by atoms with van der Waals surface area (Å²) in [6.45, 7) is 2.59. The Morgan fingerprint density at radius 3 is 2.44 bits per heavy atom. The number of nitrogens with one attached hydrogen (secondary N) is 1.